The average molecular weight is 296 g/mol. The second-order valence-electron chi connectivity index (χ2n) is 6.99. The lowest BCUT2D eigenvalue weighted by atomic mass is 9.66. The molecule has 0 N–H and O–H groups in total. The molecule has 114 valence electrons. The minimum Gasteiger partial charge on any atom is -0.488 e. The number of rotatable bonds is 3. The highest BCUT2D eigenvalue weighted by atomic mass is 16.5. The second kappa shape index (κ2) is 4.81. The van der Waals surface area contributed by atoms with Gasteiger partial charge in [-0.15, -0.1) is 0 Å². The van der Waals surface area contributed by atoms with Crippen molar-refractivity contribution < 1.29 is 4.74 Å². The van der Waals surface area contributed by atoms with Crippen LogP contribution < -0.4 is 4.74 Å². The molecule has 2 aromatic heterocycles. The monoisotopic (exact) mass is 296 g/mol. The normalized spacial score (nSPS) is 35.7. The van der Waals surface area contributed by atoms with Gasteiger partial charge in [0.05, 0.1) is 18.1 Å². The SMILES string of the molecule is c1cnn(-c2cncc(OC3[C@H]4CC5C[C@H]3CN(C5)C4)c2)c1. The van der Waals surface area contributed by atoms with Gasteiger partial charge >= 0.3 is 0 Å². The van der Waals surface area contributed by atoms with E-state index in [1.165, 1.54) is 32.5 Å². The fourth-order valence-electron chi connectivity index (χ4n) is 4.73. The zero-order valence-corrected chi connectivity index (χ0v) is 12.5. The summed E-state index contributed by atoms with van der Waals surface area (Å²) in [5.41, 5.74) is 0.954. The summed E-state index contributed by atoms with van der Waals surface area (Å²) in [5.74, 6) is 3.17. The van der Waals surface area contributed by atoms with E-state index in [1.54, 1.807) is 6.20 Å². The summed E-state index contributed by atoms with van der Waals surface area (Å²) >= 11 is 0. The molecule has 0 unspecified atom stereocenters. The Balaban J connectivity index is 1.39. The molecule has 0 spiro atoms. The van der Waals surface area contributed by atoms with Crippen molar-refractivity contribution >= 4 is 0 Å². The van der Waals surface area contributed by atoms with Crippen molar-refractivity contribution in [3.8, 4) is 11.4 Å². The first-order chi connectivity index (χ1) is 10.8. The molecule has 0 radical (unpaired) electrons. The molecule has 1 aliphatic carbocycles. The van der Waals surface area contributed by atoms with E-state index in [-0.39, 0.29) is 0 Å². The molecule has 5 heterocycles. The number of hydrogen-bond acceptors (Lipinski definition) is 4. The Morgan fingerprint density at radius 2 is 1.95 bits per heavy atom. The van der Waals surface area contributed by atoms with Gasteiger partial charge in [-0.2, -0.15) is 5.10 Å². The van der Waals surface area contributed by atoms with Gasteiger partial charge in [0.2, 0.25) is 0 Å². The molecular weight excluding hydrogens is 276 g/mol. The smallest absolute Gasteiger partial charge is 0.140 e. The zero-order chi connectivity index (χ0) is 14.5. The quantitative estimate of drug-likeness (QED) is 0.869. The first kappa shape index (κ1) is 12.6. The summed E-state index contributed by atoms with van der Waals surface area (Å²) in [7, 11) is 0. The van der Waals surface area contributed by atoms with Crippen molar-refractivity contribution in [1.29, 1.82) is 0 Å². The molecule has 2 aromatic rings. The second-order valence-corrected chi connectivity index (χ2v) is 6.99. The number of nitrogens with zero attached hydrogens (tertiary/aromatic N) is 4. The van der Waals surface area contributed by atoms with Gasteiger partial charge in [-0.05, 0) is 24.8 Å². The van der Waals surface area contributed by atoms with Crippen LogP contribution in [0.5, 0.6) is 5.75 Å². The number of aromatic nitrogens is 3. The maximum atomic E-state index is 6.40. The van der Waals surface area contributed by atoms with Gasteiger partial charge in [0.1, 0.15) is 11.9 Å². The third-order valence-corrected chi connectivity index (χ3v) is 5.44. The molecule has 5 nitrogen and oxygen atoms in total. The van der Waals surface area contributed by atoms with Gasteiger partial charge in [-0.1, -0.05) is 0 Å². The van der Waals surface area contributed by atoms with Crippen LogP contribution in [0, 0.1) is 17.8 Å². The molecule has 1 saturated carbocycles. The lowest BCUT2D eigenvalue weighted by Crippen LogP contribution is -2.61. The highest BCUT2D eigenvalue weighted by molar-refractivity contribution is 5.34. The topological polar surface area (TPSA) is 43.2 Å². The van der Waals surface area contributed by atoms with E-state index in [9.17, 15) is 0 Å². The molecule has 4 aliphatic rings. The number of hydrogen-bond donors (Lipinski definition) is 0. The highest BCUT2D eigenvalue weighted by Crippen LogP contribution is 2.44. The average Bonchev–Trinajstić information content (AvgIpc) is 3.05. The van der Waals surface area contributed by atoms with E-state index in [0.29, 0.717) is 17.9 Å². The molecule has 0 amide bonds. The van der Waals surface area contributed by atoms with E-state index in [4.69, 9.17) is 4.74 Å². The van der Waals surface area contributed by atoms with Crippen molar-refractivity contribution in [3.63, 3.8) is 0 Å². The fourth-order valence-corrected chi connectivity index (χ4v) is 4.73. The van der Waals surface area contributed by atoms with Crippen molar-refractivity contribution in [3.05, 3.63) is 36.9 Å². The van der Waals surface area contributed by atoms with Crippen LogP contribution in [0.4, 0.5) is 0 Å². The first-order valence-electron chi connectivity index (χ1n) is 8.19. The minimum atomic E-state index is 0.363. The Kier molecular flexibility index (Phi) is 2.77. The minimum absolute atomic E-state index is 0.363. The van der Waals surface area contributed by atoms with Crippen LogP contribution in [0.25, 0.3) is 5.69 Å². The maximum absolute atomic E-state index is 6.40. The van der Waals surface area contributed by atoms with Crippen LogP contribution in [0.2, 0.25) is 0 Å². The predicted molar refractivity (Wildman–Crippen MR) is 81.9 cm³/mol. The third kappa shape index (κ3) is 2.03. The van der Waals surface area contributed by atoms with E-state index < -0.39 is 0 Å². The van der Waals surface area contributed by atoms with Crippen LogP contribution in [0.3, 0.4) is 0 Å². The van der Waals surface area contributed by atoms with Crippen molar-refractivity contribution in [2.45, 2.75) is 18.9 Å². The van der Waals surface area contributed by atoms with Gasteiger partial charge in [0, 0.05) is 49.9 Å². The Morgan fingerprint density at radius 1 is 1.09 bits per heavy atom. The van der Waals surface area contributed by atoms with Crippen LogP contribution in [0.15, 0.2) is 36.9 Å². The molecule has 3 saturated heterocycles. The molecule has 5 heteroatoms. The van der Waals surface area contributed by atoms with Gasteiger partial charge in [0.15, 0.2) is 0 Å². The van der Waals surface area contributed by atoms with E-state index in [1.807, 2.05) is 35.4 Å². The van der Waals surface area contributed by atoms with E-state index in [0.717, 1.165) is 17.4 Å². The van der Waals surface area contributed by atoms with E-state index >= 15 is 0 Å². The molecular formula is C17H20N4O. The fraction of sp³-hybridized carbons (Fsp3) is 0.529. The van der Waals surface area contributed by atoms with Crippen LogP contribution in [-0.4, -0.2) is 45.4 Å². The Bertz CT molecular complexity index is 641. The molecule has 4 bridgehead atoms. The Labute approximate surface area is 129 Å². The Hall–Kier alpha value is -1.88. The number of ether oxygens (including phenoxy) is 1. The van der Waals surface area contributed by atoms with Crippen molar-refractivity contribution in [1.82, 2.24) is 19.7 Å². The standard InChI is InChI=1S/C17H20N4O/c1-2-19-21(3-1)15-6-16(8-18-7-15)22-17-13-4-12-5-14(17)11-20(9-12)10-13/h1-3,6-8,12-14,17H,4-5,9-11H2/t12?,13-,14-,17?/m0/s1. The summed E-state index contributed by atoms with van der Waals surface area (Å²) in [5, 5.41) is 4.26. The van der Waals surface area contributed by atoms with Crippen molar-refractivity contribution in [2.75, 3.05) is 19.6 Å². The lowest BCUT2D eigenvalue weighted by Gasteiger charge is -2.55. The number of pyridine rings is 1. The van der Waals surface area contributed by atoms with Gasteiger partial charge in [-0.25, -0.2) is 4.68 Å². The molecule has 6 rings (SSSR count). The van der Waals surface area contributed by atoms with Crippen LogP contribution in [0.1, 0.15) is 12.8 Å². The van der Waals surface area contributed by atoms with E-state index in [2.05, 4.69) is 15.0 Å². The lowest BCUT2D eigenvalue weighted by molar-refractivity contribution is -0.0985. The molecule has 3 aliphatic heterocycles. The predicted octanol–water partition coefficient (Wildman–Crippen LogP) is 1.99. The molecule has 2 atom stereocenters. The highest BCUT2D eigenvalue weighted by Gasteiger charge is 2.48. The molecule has 4 fully saturated rings. The maximum Gasteiger partial charge on any atom is 0.140 e. The van der Waals surface area contributed by atoms with Crippen molar-refractivity contribution in [2.24, 2.45) is 17.8 Å². The van der Waals surface area contributed by atoms with Crippen LogP contribution >= 0.6 is 0 Å². The summed E-state index contributed by atoms with van der Waals surface area (Å²) in [6.45, 7) is 3.74. The zero-order valence-electron chi connectivity index (χ0n) is 12.5. The summed E-state index contributed by atoms with van der Waals surface area (Å²) in [6, 6.07) is 3.96. The van der Waals surface area contributed by atoms with Gasteiger partial charge < -0.3 is 9.64 Å². The largest absolute Gasteiger partial charge is 0.488 e. The summed E-state index contributed by atoms with van der Waals surface area (Å²) < 4.78 is 8.22. The third-order valence-electron chi connectivity index (χ3n) is 5.44. The molecule has 0 aromatic carbocycles. The first-order valence-corrected chi connectivity index (χ1v) is 8.19. The van der Waals surface area contributed by atoms with Gasteiger partial charge in [0.25, 0.3) is 0 Å². The van der Waals surface area contributed by atoms with Gasteiger partial charge in [-0.3, -0.25) is 4.98 Å². The number of piperidine rings is 3. The summed E-state index contributed by atoms with van der Waals surface area (Å²) in [6.07, 6.45) is 10.4. The Morgan fingerprint density at radius 3 is 2.68 bits per heavy atom. The van der Waals surface area contributed by atoms with Crippen LogP contribution in [-0.2, 0) is 0 Å². The summed E-state index contributed by atoms with van der Waals surface area (Å²) in [4.78, 5) is 6.96. The molecule has 22 heavy (non-hydrogen) atoms.